The average Bonchev–Trinajstić information content (AvgIpc) is 2.72. The van der Waals surface area contributed by atoms with Crippen molar-refractivity contribution < 1.29 is 4.79 Å². The summed E-state index contributed by atoms with van der Waals surface area (Å²) in [6.07, 6.45) is 0.870. The van der Waals surface area contributed by atoms with Crippen LogP contribution in [-0.4, -0.2) is 23.9 Å². The van der Waals surface area contributed by atoms with Gasteiger partial charge in [0.1, 0.15) is 0 Å². The number of hydrogen-bond donors (Lipinski definition) is 1. The van der Waals surface area contributed by atoms with E-state index in [0.717, 1.165) is 36.6 Å². The highest BCUT2D eigenvalue weighted by molar-refractivity contribution is 6.31. The van der Waals surface area contributed by atoms with Crippen molar-refractivity contribution in [2.75, 3.05) is 13.1 Å². The number of halogens is 1. The number of amides is 1. The molecule has 1 heterocycles. The number of nitrogens with two attached hydrogens (primary N) is 1. The first-order valence-corrected chi connectivity index (χ1v) is 6.21. The molecular weight excluding hydrogens is 236 g/mol. The van der Waals surface area contributed by atoms with E-state index in [0.29, 0.717) is 0 Å². The Labute approximate surface area is 107 Å². The van der Waals surface area contributed by atoms with Crippen LogP contribution in [0.25, 0.3) is 0 Å². The van der Waals surface area contributed by atoms with Gasteiger partial charge in [0.15, 0.2) is 0 Å². The van der Waals surface area contributed by atoms with Crippen molar-refractivity contribution >= 4 is 17.5 Å². The van der Waals surface area contributed by atoms with Crippen LogP contribution in [0.4, 0.5) is 0 Å². The van der Waals surface area contributed by atoms with E-state index in [1.807, 2.05) is 19.1 Å². The molecule has 1 aromatic rings. The first-order chi connectivity index (χ1) is 8.06. The van der Waals surface area contributed by atoms with Crippen LogP contribution >= 0.6 is 11.6 Å². The average molecular weight is 253 g/mol. The zero-order chi connectivity index (χ0) is 12.4. The number of rotatable bonds is 3. The van der Waals surface area contributed by atoms with Crippen LogP contribution in [0, 0.1) is 12.8 Å². The zero-order valence-electron chi connectivity index (χ0n) is 9.95. The van der Waals surface area contributed by atoms with Crippen LogP contribution < -0.4 is 5.73 Å². The maximum absolute atomic E-state index is 11.1. The second kappa shape index (κ2) is 5.07. The molecule has 0 aromatic heterocycles. The molecule has 0 spiro atoms. The summed E-state index contributed by atoms with van der Waals surface area (Å²) in [5.41, 5.74) is 7.59. The highest BCUT2D eigenvalue weighted by Gasteiger charge is 2.26. The van der Waals surface area contributed by atoms with Crippen LogP contribution in [0.5, 0.6) is 0 Å². The van der Waals surface area contributed by atoms with Gasteiger partial charge in [0.05, 0.1) is 5.92 Å². The summed E-state index contributed by atoms with van der Waals surface area (Å²) >= 11 is 6.09. The summed E-state index contributed by atoms with van der Waals surface area (Å²) in [7, 11) is 0. The van der Waals surface area contributed by atoms with Crippen LogP contribution in [-0.2, 0) is 11.3 Å². The van der Waals surface area contributed by atoms with E-state index in [4.69, 9.17) is 17.3 Å². The summed E-state index contributed by atoms with van der Waals surface area (Å²) < 4.78 is 0. The van der Waals surface area contributed by atoms with Crippen LogP contribution in [0.3, 0.4) is 0 Å². The van der Waals surface area contributed by atoms with Crippen molar-refractivity contribution in [3.05, 3.63) is 34.3 Å². The van der Waals surface area contributed by atoms with Crippen molar-refractivity contribution in [3.8, 4) is 0 Å². The highest BCUT2D eigenvalue weighted by Crippen LogP contribution is 2.21. The minimum atomic E-state index is -0.186. The fourth-order valence-corrected chi connectivity index (χ4v) is 2.40. The molecule has 1 amide bonds. The lowest BCUT2D eigenvalue weighted by atomic mass is 10.1. The lowest BCUT2D eigenvalue weighted by molar-refractivity contribution is -0.121. The molecule has 2 N–H and O–H groups in total. The van der Waals surface area contributed by atoms with E-state index in [9.17, 15) is 4.79 Å². The van der Waals surface area contributed by atoms with Crippen LogP contribution in [0.2, 0.25) is 5.02 Å². The number of carbonyl (C=O) groups excluding carboxylic acids is 1. The summed E-state index contributed by atoms with van der Waals surface area (Å²) in [6, 6.07) is 6.10. The Morgan fingerprint density at radius 2 is 2.35 bits per heavy atom. The van der Waals surface area contributed by atoms with E-state index in [1.54, 1.807) is 0 Å². The molecule has 2 rings (SSSR count). The van der Waals surface area contributed by atoms with E-state index in [1.165, 1.54) is 5.56 Å². The lowest BCUT2D eigenvalue weighted by Crippen LogP contribution is -2.27. The number of benzene rings is 1. The Hall–Kier alpha value is -1.06. The molecule has 92 valence electrons. The number of nitrogens with zero attached hydrogens (tertiary/aromatic N) is 1. The maximum atomic E-state index is 11.1. The molecule has 0 saturated carbocycles. The first-order valence-electron chi connectivity index (χ1n) is 5.83. The van der Waals surface area contributed by atoms with Crippen molar-refractivity contribution in [1.29, 1.82) is 0 Å². The molecule has 0 aliphatic carbocycles. The third kappa shape index (κ3) is 2.99. The van der Waals surface area contributed by atoms with Gasteiger partial charge in [0.25, 0.3) is 0 Å². The van der Waals surface area contributed by atoms with Gasteiger partial charge in [-0.1, -0.05) is 23.7 Å². The van der Waals surface area contributed by atoms with Gasteiger partial charge < -0.3 is 5.73 Å². The maximum Gasteiger partial charge on any atom is 0.221 e. The summed E-state index contributed by atoms with van der Waals surface area (Å²) in [6.45, 7) is 4.52. The van der Waals surface area contributed by atoms with E-state index in [2.05, 4.69) is 11.0 Å². The Morgan fingerprint density at radius 3 is 2.94 bits per heavy atom. The third-order valence-corrected chi connectivity index (χ3v) is 3.72. The number of hydrogen-bond acceptors (Lipinski definition) is 2. The zero-order valence-corrected chi connectivity index (χ0v) is 10.7. The standard InChI is InChI=1S/C13H17ClN2O/c1-9-2-3-10(6-12(9)14)7-16-5-4-11(8-16)13(15)17/h2-3,6,11H,4-5,7-8H2,1H3,(H2,15,17)/t11-/m0/s1. The van der Waals surface area contributed by atoms with Gasteiger partial charge in [-0.3, -0.25) is 9.69 Å². The first kappa shape index (κ1) is 12.4. The monoisotopic (exact) mass is 252 g/mol. The van der Waals surface area contributed by atoms with Gasteiger partial charge in [-0.15, -0.1) is 0 Å². The quantitative estimate of drug-likeness (QED) is 0.894. The number of aryl methyl sites for hydroxylation is 1. The van der Waals surface area contributed by atoms with Gasteiger partial charge in [-0.05, 0) is 37.1 Å². The normalized spacial score (nSPS) is 20.7. The molecule has 0 bridgehead atoms. The molecule has 1 fully saturated rings. The molecule has 0 unspecified atom stereocenters. The molecule has 17 heavy (non-hydrogen) atoms. The number of carbonyl (C=O) groups is 1. The summed E-state index contributed by atoms with van der Waals surface area (Å²) in [5.74, 6) is -0.176. The molecule has 1 aliphatic rings. The summed E-state index contributed by atoms with van der Waals surface area (Å²) in [4.78, 5) is 13.3. The Morgan fingerprint density at radius 1 is 1.59 bits per heavy atom. The molecule has 3 nitrogen and oxygen atoms in total. The highest BCUT2D eigenvalue weighted by atomic mass is 35.5. The molecule has 1 aromatic carbocycles. The SMILES string of the molecule is Cc1ccc(CN2CC[C@H](C(N)=O)C2)cc1Cl. The van der Waals surface area contributed by atoms with Crippen LogP contribution in [0.15, 0.2) is 18.2 Å². The minimum absolute atomic E-state index is 0.0101. The largest absolute Gasteiger partial charge is 0.369 e. The second-order valence-corrected chi connectivity index (χ2v) is 5.11. The van der Waals surface area contributed by atoms with Gasteiger partial charge >= 0.3 is 0 Å². The van der Waals surface area contributed by atoms with Gasteiger partial charge in [0.2, 0.25) is 5.91 Å². The number of likely N-dealkylation sites (tertiary alicyclic amines) is 1. The van der Waals surface area contributed by atoms with Crippen LogP contribution in [0.1, 0.15) is 17.5 Å². The Kier molecular flexibility index (Phi) is 3.69. The predicted molar refractivity (Wildman–Crippen MR) is 68.8 cm³/mol. The smallest absolute Gasteiger partial charge is 0.221 e. The van der Waals surface area contributed by atoms with Gasteiger partial charge in [0, 0.05) is 18.1 Å². The molecule has 0 radical (unpaired) electrons. The molecular formula is C13H17ClN2O. The molecule has 1 atom stereocenters. The second-order valence-electron chi connectivity index (χ2n) is 4.71. The number of primary amides is 1. The fourth-order valence-electron chi connectivity index (χ4n) is 2.20. The van der Waals surface area contributed by atoms with Crippen molar-refractivity contribution in [1.82, 2.24) is 4.90 Å². The third-order valence-electron chi connectivity index (χ3n) is 3.32. The van der Waals surface area contributed by atoms with E-state index >= 15 is 0 Å². The lowest BCUT2D eigenvalue weighted by Gasteiger charge is -2.15. The van der Waals surface area contributed by atoms with Gasteiger partial charge in [-0.2, -0.15) is 0 Å². The van der Waals surface area contributed by atoms with Gasteiger partial charge in [-0.25, -0.2) is 0 Å². The summed E-state index contributed by atoms with van der Waals surface area (Å²) in [5, 5.41) is 0.799. The Balaban J connectivity index is 1.98. The topological polar surface area (TPSA) is 46.3 Å². The minimum Gasteiger partial charge on any atom is -0.369 e. The Bertz CT molecular complexity index is 433. The predicted octanol–water partition coefficient (Wildman–Crippen LogP) is 1.96. The fraction of sp³-hybridized carbons (Fsp3) is 0.462. The van der Waals surface area contributed by atoms with E-state index in [-0.39, 0.29) is 11.8 Å². The van der Waals surface area contributed by atoms with Crippen molar-refractivity contribution in [2.24, 2.45) is 11.7 Å². The molecule has 4 heteroatoms. The van der Waals surface area contributed by atoms with E-state index < -0.39 is 0 Å². The molecule has 1 saturated heterocycles. The van der Waals surface area contributed by atoms with Crippen molar-refractivity contribution in [3.63, 3.8) is 0 Å². The van der Waals surface area contributed by atoms with Crippen molar-refractivity contribution in [2.45, 2.75) is 19.9 Å². The molecule has 1 aliphatic heterocycles.